The molecule has 0 saturated heterocycles. The number of benzene rings is 1. The molecule has 1 atom stereocenters. The lowest BCUT2D eigenvalue weighted by molar-refractivity contribution is -0.137. The van der Waals surface area contributed by atoms with Crippen LogP contribution in [0.1, 0.15) is 25.8 Å². The van der Waals surface area contributed by atoms with E-state index in [0.29, 0.717) is 6.54 Å². The van der Waals surface area contributed by atoms with E-state index in [4.69, 9.17) is 5.11 Å². The Hall–Kier alpha value is -2.08. The van der Waals surface area contributed by atoms with E-state index in [0.717, 1.165) is 19.5 Å². The predicted octanol–water partition coefficient (Wildman–Crippen LogP) is 2.06. The lowest BCUT2D eigenvalue weighted by atomic mass is 10.0. The van der Waals surface area contributed by atoms with Gasteiger partial charge in [-0.1, -0.05) is 44.2 Å². The largest absolute Gasteiger partial charge is 0.481 e. The van der Waals surface area contributed by atoms with Crippen molar-refractivity contribution in [3.05, 3.63) is 35.9 Å². The fraction of sp³-hybridized carbons (Fsp3) is 0.556. The van der Waals surface area contributed by atoms with E-state index >= 15 is 0 Å². The van der Waals surface area contributed by atoms with Gasteiger partial charge in [-0.3, -0.25) is 9.69 Å². The number of amides is 2. The van der Waals surface area contributed by atoms with Crippen LogP contribution < -0.4 is 5.32 Å². The van der Waals surface area contributed by atoms with Crippen LogP contribution in [0, 0.1) is 0 Å². The minimum atomic E-state index is -0.903. The highest BCUT2D eigenvalue weighted by atomic mass is 16.4. The molecule has 2 N–H and O–H groups in total. The summed E-state index contributed by atoms with van der Waals surface area (Å²) in [5, 5.41) is 11.6. The van der Waals surface area contributed by atoms with Crippen molar-refractivity contribution >= 4 is 12.0 Å². The van der Waals surface area contributed by atoms with Crippen LogP contribution in [0.3, 0.4) is 0 Å². The monoisotopic (exact) mass is 335 g/mol. The van der Waals surface area contributed by atoms with Crippen molar-refractivity contribution in [1.82, 2.24) is 15.1 Å². The standard InChI is InChI=1S/C18H29N3O3/c1-4-21(5-2)16(13-15-9-7-6-8-10-15)14-19-18(24)20(3)12-11-17(22)23/h6-10,16H,4-5,11-14H2,1-3H3,(H,19,24)(H,22,23). The zero-order valence-corrected chi connectivity index (χ0v) is 14.9. The minimum Gasteiger partial charge on any atom is -0.481 e. The first-order chi connectivity index (χ1) is 11.5. The number of aliphatic carboxylic acids is 1. The maximum Gasteiger partial charge on any atom is 0.317 e. The molecule has 0 aliphatic heterocycles. The summed E-state index contributed by atoms with van der Waals surface area (Å²) < 4.78 is 0. The van der Waals surface area contributed by atoms with Crippen molar-refractivity contribution in [1.29, 1.82) is 0 Å². The highest BCUT2D eigenvalue weighted by molar-refractivity contribution is 5.75. The molecule has 1 aromatic rings. The van der Waals surface area contributed by atoms with Gasteiger partial charge >= 0.3 is 12.0 Å². The summed E-state index contributed by atoms with van der Waals surface area (Å²) in [6.45, 7) is 6.80. The molecule has 0 saturated carbocycles. The van der Waals surface area contributed by atoms with E-state index in [1.807, 2.05) is 18.2 Å². The zero-order valence-electron chi connectivity index (χ0n) is 14.9. The van der Waals surface area contributed by atoms with Crippen molar-refractivity contribution in [2.75, 3.05) is 33.2 Å². The van der Waals surface area contributed by atoms with Gasteiger partial charge in [0.2, 0.25) is 0 Å². The topological polar surface area (TPSA) is 72.9 Å². The Morgan fingerprint density at radius 1 is 1.17 bits per heavy atom. The first-order valence-corrected chi connectivity index (χ1v) is 8.46. The number of rotatable bonds is 10. The van der Waals surface area contributed by atoms with Crippen molar-refractivity contribution in [3.63, 3.8) is 0 Å². The minimum absolute atomic E-state index is 0.0482. The fourth-order valence-corrected chi connectivity index (χ4v) is 2.66. The zero-order chi connectivity index (χ0) is 17.9. The van der Waals surface area contributed by atoms with Gasteiger partial charge in [0.25, 0.3) is 0 Å². The summed E-state index contributed by atoms with van der Waals surface area (Å²) >= 11 is 0. The average Bonchev–Trinajstić information content (AvgIpc) is 2.58. The van der Waals surface area contributed by atoms with E-state index in [2.05, 4.69) is 36.2 Å². The quantitative estimate of drug-likeness (QED) is 0.686. The van der Waals surface area contributed by atoms with Gasteiger partial charge in [-0.05, 0) is 25.1 Å². The Morgan fingerprint density at radius 3 is 2.33 bits per heavy atom. The molecule has 1 rings (SSSR count). The molecule has 6 nitrogen and oxygen atoms in total. The van der Waals surface area contributed by atoms with Gasteiger partial charge in [-0.2, -0.15) is 0 Å². The molecular formula is C18H29N3O3. The number of urea groups is 1. The summed E-state index contributed by atoms with van der Waals surface area (Å²) in [6, 6.07) is 10.2. The second kappa shape index (κ2) is 10.6. The Kier molecular flexibility index (Phi) is 8.86. The van der Waals surface area contributed by atoms with E-state index in [9.17, 15) is 9.59 Å². The van der Waals surface area contributed by atoms with E-state index in [1.165, 1.54) is 10.5 Å². The third-order valence-electron chi connectivity index (χ3n) is 4.14. The lowest BCUT2D eigenvalue weighted by Crippen LogP contribution is -2.48. The normalized spacial score (nSPS) is 12.0. The molecule has 0 heterocycles. The summed E-state index contributed by atoms with van der Waals surface area (Å²) in [7, 11) is 1.61. The van der Waals surface area contributed by atoms with Crippen LogP contribution >= 0.6 is 0 Å². The highest BCUT2D eigenvalue weighted by Crippen LogP contribution is 2.09. The maximum absolute atomic E-state index is 12.1. The summed E-state index contributed by atoms with van der Waals surface area (Å²) in [6.07, 6.45) is 0.815. The highest BCUT2D eigenvalue weighted by Gasteiger charge is 2.18. The van der Waals surface area contributed by atoms with Gasteiger partial charge in [0.1, 0.15) is 0 Å². The van der Waals surface area contributed by atoms with Crippen LogP contribution in [0.25, 0.3) is 0 Å². The number of likely N-dealkylation sites (N-methyl/N-ethyl adjacent to an activating group) is 1. The molecule has 0 aliphatic rings. The molecule has 0 fully saturated rings. The molecule has 24 heavy (non-hydrogen) atoms. The molecule has 6 heteroatoms. The third-order valence-corrected chi connectivity index (χ3v) is 4.14. The third kappa shape index (κ3) is 7.00. The molecule has 2 amide bonds. The van der Waals surface area contributed by atoms with Crippen LogP contribution in [0.15, 0.2) is 30.3 Å². The Labute approximate surface area is 144 Å². The summed E-state index contributed by atoms with van der Waals surface area (Å²) in [5.74, 6) is -0.903. The average molecular weight is 335 g/mol. The van der Waals surface area contributed by atoms with E-state index in [1.54, 1.807) is 7.05 Å². The summed E-state index contributed by atoms with van der Waals surface area (Å²) in [4.78, 5) is 26.4. The van der Waals surface area contributed by atoms with Gasteiger partial charge in [-0.15, -0.1) is 0 Å². The molecular weight excluding hydrogens is 306 g/mol. The van der Waals surface area contributed by atoms with Gasteiger partial charge in [0.05, 0.1) is 6.42 Å². The smallest absolute Gasteiger partial charge is 0.317 e. The number of carboxylic acid groups (broad SMARTS) is 1. The van der Waals surface area contributed by atoms with Crippen molar-refractivity contribution in [2.24, 2.45) is 0 Å². The van der Waals surface area contributed by atoms with Gasteiger partial charge in [0.15, 0.2) is 0 Å². The van der Waals surface area contributed by atoms with Crippen molar-refractivity contribution in [2.45, 2.75) is 32.7 Å². The molecule has 134 valence electrons. The van der Waals surface area contributed by atoms with Gasteiger partial charge in [0, 0.05) is 26.2 Å². The van der Waals surface area contributed by atoms with Gasteiger partial charge < -0.3 is 15.3 Å². The number of nitrogens with one attached hydrogen (secondary N) is 1. The first-order valence-electron chi connectivity index (χ1n) is 8.46. The van der Waals surface area contributed by atoms with Crippen LogP contribution in [0.2, 0.25) is 0 Å². The number of hydrogen-bond acceptors (Lipinski definition) is 3. The second-order valence-electron chi connectivity index (χ2n) is 5.82. The Bertz CT molecular complexity index is 503. The number of carbonyl (C=O) groups is 2. The van der Waals surface area contributed by atoms with Crippen LogP contribution in [0.4, 0.5) is 4.79 Å². The molecule has 0 aromatic heterocycles. The van der Waals surface area contributed by atoms with Gasteiger partial charge in [-0.25, -0.2) is 4.79 Å². The SMILES string of the molecule is CCN(CC)C(CNC(=O)N(C)CCC(=O)O)Cc1ccccc1. The van der Waals surface area contributed by atoms with Crippen LogP contribution in [-0.4, -0.2) is 66.2 Å². The summed E-state index contributed by atoms with van der Waals surface area (Å²) in [5.41, 5.74) is 1.24. The molecule has 0 aliphatic carbocycles. The number of carboxylic acids is 1. The second-order valence-corrected chi connectivity index (χ2v) is 5.82. The Balaban J connectivity index is 2.61. The van der Waals surface area contributed by atoms with Crippen molar-refractivity contribution < 1.29 is 14.7 Å². The molecule has 0 spiro atoms. The molecule has 0 radical (unpaired) electrons. The number of carbonyl (C=O) groups excluding carboxylic acids is 1. The van der Waals surface area contributed by atoms with Crippen molar-refractivity contribution in [3.8, 4) is 0 Å². The van der Waals surface area contributed by atoms with Crippen LogP contribution in [0.5, 0.6) is 0 Å². The molecule has 1 aromatic carbocycles. The molecule has 0 bridgehead atoms. The first kappa shape index (κ1) is 20.0. The van der Waals surface area contributed by atoms with Crippen LogP contribution in [-0.2, 0) is 11.2 Å². The number of nitrogens with zero attached hydrogens (tertiary/aromatic N) is 2. The molecule has 1 unspecified atom stereocenters. The fourth-order valence-electron chi connectivity index (χ4n) is 2.66. The number of hydrogen-bond donors (Lipinski definition) is 2. The Morgan fingerprint density at radius 2 is 1.79 bits per heavy atom. The lowest BCUT2D eigenvalue weighted by Gasteiger charge is -2.30. The maximum atomic E-state index is 12.1. The predicted molar refractivity (Wildman–Crippen MR) is 95.1 cm³/mol. The van der Waals surface area contributed by atoms with E-state index < -0.39 is 5.97 Å². The van der Waals surface area contributed by atoms with E-state index in [-0.39, 0.29) is 25.0 Å².